The molecule has 0 aromatic heterocycles. The average molecular weight is 149 g/mol. The standard InChI is InChI=1S/C8H8NO2/c1-6(9-11)7-2-4-8(10)5-3-7/h2,4-5,10-11H,1H3/p-1/b9-6+. The van der Waals surface area contributed by atoms with Gasteiger partial charge >= 0.3 is 0 Å². The maximum Gasteiger partial charge on any atom is 0.145 e. The van der Waals surface area contributed by atoms with Gasteiger partial charge in [-0.15, -0.1) is 5.73 Å². The van der Waals surface area contributed by atoms with E-state index in [9.17, 15) is 5.21 Å². The third-order valence-electron chi connectivity index (χ3n) is 1.32. The molecule has 0 saturated carbocycles. The minimum atomic E-state index is 0.132. The molecule has 1 N–H and O–H groups in total. The van der Waals surface area contributed by atoms with E-state index >= 15 is 0 Å². The summed E-state index contributed by atoms with van der Waals surface area (Å²) in [5.74, 6) is 0. The van der Waals surface area contributed by atoms with E-state index in [0.717, 1.165) is 0 Å². The summed E-state index contributed by atoms with van der Waals surface area (Å²) in [6.07, 6.45) is 4.60. The quantitative estimate of drug-likeness (QED) is 0.349. The maximum absolute atomic E-state index is 10.0. The lowest BCUT2D eigenvalue weighted by Gasteiger charge is -2.04. The van der Waals surface area contributed by atoms with E-state index in [0.29, 0.717) is 11.3 Å². The lowest BCUT2D eigenvalue weighted by atomic mass is 10.1. The zero-order chi connectivity index (χ0) is 8.27. The fraction of sp³-hybridized carbons (Fsp3) is 0.125. The van der Waals surface area contributed by atoms with Crippen LogP contribution in [0.1, 0.15) is 6.92 Å². The molecule has 11 heavy (non-hydrogen) atoms. The first-order valence-corrected chi connectivity index (χ1v) is 3.12. The van der Waals surface area contributed by atoms with Crippen molar-refractivity contribution in [3.63, 3.8) is 0 Å². The molecule has 0 heterocycles. The Morgan fingerprint density at radius 3 is 2.82 bits per heavy atom. The molecule has 3 heteroatoms. The number of rotatable bonds is 1. The fourth-order valence-electron chi connectivity index (χ4n) is 0.691. The van der Waals surface area contributed by atoms with Crippen molar-refractivity contribution >= 4 is 5.71 Å². The molecule has 0 amide bonds. The Balaban J connectivity index is 2.93. The summed E-state index contributed by atoms with van der Waals surface area (Å²) in [4.78, 5) is 0. The highest BCUT2D eigenvalue weighted by atomic mass is 16.4. The van der Waals surface area contributed by atoms with Gasteiger partial charge in [0.1, 0.15) is 6.10 Å². The van der Waals surface area contributed by atoms with Gasteiger partial charge < -0.3 is 15.5 Å². The van der Waals surface area contributed by atoms with Crippen LogP contribution in [0.2, 0.25) is 0 Å². The predicted octanol–water partition coefficient (Wildman–Crippen LogP) is 1.50. The maximum atomic E-state index is 10.0. The minimum absolute atomic E-state index is 0.132. The molecule has 0 bridgehead atoms. The minimum Gasteiger partial charge on any atom is -0.792 e. The molecule has 0 aromatic rings. The third-order valence-corrected chi connectivity index (χ3v) is 1.32. The van der Waals surface area contributed by atoms with Gasteiger partial charge in [0.2, 0.25) is 0 Å². The van der Waals surface area contributed by atoms with Gasteiger partial charge in [-0.25, -0.2) is 0 Å². The van der Waals surface area contributed by atoms with Crippen LogP contribution in [-0.2, 0) is 0 Å². The van der Waals surface area contributed by atoms with Crippen molar-refractivity contribution in [3.8, 4) is 0 Å². The molecule has 0 spiro atoms. The first-order chi connectivity index (χ1) is 5.24. The van der Waals surface area contributed by atoms with Crippen LogP contribution in [0.3, 0.4) is 0 Å². The second kappa shape index (κ2) is 3.19. The van der Waals surface area contributed by atoms with Gasteiger partial charge in [-0.05, 0) is 25.2 Å². The number of aliphatic hydroxyl groups is 1. The molecular weight excluding hydrogens is 142 g/mol. The first-order valence-electron chi connectivity index (χ1n) is 3.12. The lowest BCUT2D eigenvalue weighted by Crippen LogP contribution is -1.97. The number of allylic oxidation sites excluding steroid dienone is 1. The van der Waals surface area contributed by atoms with Crippen molar-refractivity contribution in [2.24, 2.45) is 5.16 Å². The van der Waals surface area contributed by atoms with Gasteiger partial charge in [-0.1, -0.05) is 0 Å². The van der Waals surface area contributed by atoms with Crippen molar-refractivity contribution in [3.05, 3.63) is 40.8 Å². The smallest absolute Gasteiger partial charge is 0.145 e. The summed E-state index contributed by atoms with van der Waals surface area (Å²) in [6.45, 7) is 1.59. The van der Waals surface area contributed by atoms with Crippen LogP contribution in [-0.4, -0.2) is 10.8 Å². The molecule has 0 aromatic carbocycles. The number of hydrogen-bond donors (Lipinski definition) is 1. The van der Waals surface area contributed by atoms with Crippen LogP contribution in [0, 0.1) is 11.3 Å². The van der Waals surface area contributed by atoms with Crippen LogP contribution in [0.25, 0.3) is 0 Å². The summed E-state index contributed by atoms with van der Waals surface area (Å²) in [7, 11) is 0. The molecule has 1 aliphatic carbocycles. The van der Waals surface area contributed by atoms with Crippen molar-refractivity contribution in [1.29, 1.82) is 0 Å². The average Bonchev–Trinajstić information content (AvgIpc) is 2.05. The van der Waals surface area contributed by atoms with E-state index in [2.05, 4.69) is 10.9 Å². The van der Waals surface area contributed by atoms with Gasteiger partial charge in [0.15, 0.2) is 0 Å². The van der Waals surface area contributed by atoms with Gasteiger partial charge in [-0.3, -0.25) is 0 Å². The third kappa shape index (κ3) is 1.80. The Kier molecular flexibility index (Phi) is 2.26. The fourth-order valence-corrected chi connectivity index (χ4v) is 0.691. The Bertz CT molecular complexity index is 270. The molecule has 57 valence electrons. The molecule has 3 nitrogen and oxygen atoms in total. The summed E-state index contributed by atoms with van der Waals surface area (Å²) in [5, 5.41) is 21.6. The Morgan fingerprint density at radius 1 is 1.64 bits per heavy atom. The highest BCUT2D eigenvalue weighted by Crippen LogP contribution is 2.09. The number of nitrogens with zero attached hydrogens (tertiary/aromatic N) is 1. The Hall–Kier alpha value is -1.31. The first kappa shape index (κ1) is 7.79. The van der Waals surface area contributed by atoms with E-state index < -0.39 is 0 Å². The molecule has 0 unspecified atom stereocenters. The second-order valence-electron chi connectivity index (χ2n) is 2.14. The predicted molar refractivity (Wildman–Crippen MR) is 42.4 cm³/mol. The normalized spacial score (nSPS) is 18.7. The van der Waals surface area contributed by atoms with Crippen LogP contribution in [0.5, 0.6) is 0 Å². The van der Waals surface area contributed by atoms with E-state index in [1.54, 1.807) is 13.0 Å². The van der Waals surface area contributed by atoms with E-state index in [4.69, 9.17) is 5.11 Å². The molecule has 1 aliphatic rings. The van der Waals surface area contributed by atoms with Crippen LogP contribution in [0.4, 0.5) is 0 Å². The Morgan fingerprint density at radius 2 is 2.36 bits per heavy atom. The van der Waals surface area contributed by atoms with E-state index in [-0.39, 0.29) is 6.10 Å². The van der Waals surface area contributed by atoms with Crippen molar-refractivity contribution in [1.82, 2.24) is 0 Å². The molecular formula is C8H7NO2-. The molecule has 1 radical (unpaired) electrons. The molecule has 0 fully saturated rings. The van der Waals surface area contributed by atoms with Gasteiger partial charge in [-0.2, -0.15) is 0 Å². The highest BCUT2D eigenvalue weighted by Gasteiger charge is 2.01. The number of hydrogen-bond acceptors (Lipinski definition) is 3. The van der Waals surface area contributed by atoms with Crippen molar-refractivity contribution in [2.45, 2.75) is 6.92 Å². The summed E-state index contributed by atoms with van der Waals surface area (Å²) in [6, 6.07) is 0. The van der Waals surface area contributed by atoms with Crippen LogP contribution < -0.4 is 0 Å². The summed E-state index contributed by atoms with van der Waals surface area (Å²) >= 11 is 0. The highest BCUT2D eigenvalue weighted by molar-refractivity contribution is 6.00. The zero-order valence-electron chi connectivity index (χ0n) is 6.03. The van der Waals surface area contributed by atoms with Crippen LogP contribution >= 0.6 is 0 Å². The lowest BCUT2D eigenvalue weighted by molar-refractivity contribution is 0.369. The van der Waals surface area contributed by atoms with Gasteiger partial charge in [0.25, 0.3) is 0 Å². The molecule has 0 aliphatic heterocycles. The van der Waals surface area contributed by atoms with Crippen molar-refractivity contribution < 1.29 is 5.11 Å². The van der Waals surface area contributed by atoms with Crippen LogP contribution in [0.15, 0.2) is 34.7 Å². The number of aliphatic hydroxyl groups excluding tert-OH is 1. The topological polar surface area (TPSA) is 55.7 Å². The summed E-state index contributed by atoms with van der Waals surface area (Å²) < 4.78 is 0. The van der Waals surface area contributed by atoms with Crippen molar-refractivity contribution in [2.75, 3.05) is 0 Å². The molecule has 0 atom stereocenters. The monoisotopic (exact) mass is 149 g/mol. The molecule has 0 saturated heterocycles. The zero-order valence-corrected chi connectivity index (χ0v) is 6.03. The van der Waals surface area contributed by atoms with E-state index in [1.165, 1.54) is 12.2 Å². The largest absolute Gasteiger partial charge is 0.792 e. The Labute approximate surface area is 64.7 Å². The van der Waals surface area contributed by atoms with Gasteiger partial charge in [0, 0.05) is 11.3 Å². The summed E-state index contributed by atoms with van der Waals surface area (Å²) in [5.41, 5.74) is 3.68. The van der Waals surface area contributed by atoms with Gasteiger partial charge in [0.05, 0.1) is 0 Å². The SMILES string of the molecule is C/C(=N\[O-])C1=C=C[C](O)C=C1. The molecule has 1 rings (SSSR count). The van der Waals surface area contributed by atoms with E-state index in [1.807, 2.05) is 0 Å². The second-order valence-corrected chi connectivity index (χ2v) is 2.14.